The summed E-state index contributed by atoms with van der Waals surface area (Å²) in [7, 11) is 0.146. The summed E-state index contributed by atoms with van der Waals surface area (Å²) in [6.07, 6.45) is 2.58. The van der Waals surface area contributed by atoms with Crippen LogP contribution in [-0.2, 0) is 16.4 Å². The maximum atomic E-state index is 13.0. The Morgan fingerprint density at radius 3 is 2.21 bits per heavy atom. The topological polar surface area (TPSA) is 69.7 Å². The number of sulfonamides is 1. The van der Waals surface area contributed by atoms with E-state index < -0.39 is 10.0 Å². The maximum Gasteiger partial charge on any atom is 0.255 e. The lowest BCUT2D eigenvalue weighted by atomic mass is 10.1. The number of piperidine rings is 1. The molecule has 0 aromatic heterocycles. The number of carbonyl (C=O) groups excluding carboxylic acids is 1. The summed E-state index contributed by atoms with van der Waals surface area (Å²) in [5.41, 5.74) is 2.31. The number of aryl methyl sites for hydroxylation is 1. The van der Waals surface area contributed by atoms with Crippen molar-refractivity contribution in [2.24, 2.45) is 0 Å². The Bertz CT molecular complexity index is 932. The van der Waals surface area contributed by atoms with Gasteiger partial charge in [0, 0.05) is 24.3 Å². The van der Waals surface area contributed by atoms with E-state index in [4.69, 9.17) is 0 Å². The van der Waals surface area contributed by atoms with Crippen molar-refractivity contribution in [1.29, 1.82) is 0 Å². The van der Waals surface area contributed by atoms with E-state index in [1.54, 1.807) is 43.4 Å². The number of hydrogen-bond acceptors (Lipinski definition) is 4. The van der Waals surface area contributed by atoms with Crippen LogP contribution in [0.5, 0.6) is 0 Å². The van der Waals surface area contributed by atoms with Crippen molar-refractivity contribution < 1.29 is 13.2 Å². The highest BCUT2D eigenvalue weighted by atomic mass is 32.2. The molecule has 0 radical (unpaired) electrons. The fraction of sp³-hybridized carbons (Fsp3) is 0.409. The van der Waals surface area contributed by atoms with Crippen molar-refractivity contribution in [2.45, 2.75) is 37.1 Å². The monoisotopic (exact) mass is 415 g/mol. The zero-order valence-electron chi connectivity index (χ0n) is 17.3. The van der Waals surface area contributed by atoms with Crippen LogP contribution in [0.25, 0.3) is 0 Å². The van der Waals surface area contributed by atoms with E-state index in [2.05, 4.69) is 24.2 Å². The standard InChI is InChI=1S/C22H29N3O3S/c1-4-17-5-7-18(8-6-17)22(26)23-19-9-11-21(12-10-19)29(27,28)25(3)20-13-15-24(2)16-14-20/h5-12,20H,4,13-16H2,1-3H3,(H,23,26). The zero-order valence-corrected chi connectivity index (χ0v) is 18.1. The number of carbonyl (C=O) groups is 1. The summed E-state index contributed by atoms with van der Waals surface area (Å²) in [5, 5.41) is 2.82. The number of amides is 1. The first-order chi connectivity index (χ1) is 13.8. The van der Waals surface area contributed by atoms with Crippen molar-refractivity contribution >= 4 is 21.6 Å². The lowest BCUT2D eigenvalue weighted by Crippen LogP contribution is -2.44. The molecule has 0 saturated carbocycles. The molecule has 1 aliphatic heterocycles. The van der Waals surface area contributed by atoms with Crippen LogP contribution in [-0.4, -0.2) is 56.8 Å². The molecule has 0 unspecified atom stereocenters. The minimum atomic E-state index is -3.56. The van der Waals surface area contributed by atoms with Gasteiger partial charge >= 0.3 is 0 Å². The van der Waals surface area contributed by atoms with Gasteiger partial charge in [-0.25, -0.2) is 8.42 Å². The minimum absolute atomic E-state index is 0.0154. The van der Waals surface area contributed by atoms with E-state index >= 15 is 0 Å². The fourth-order valence-electron chi connectivity index (χ4n) is 3.53. The van der Waals surface area contributed by atoms with Crippen LogP contribution in [0.3, 0.4) is 0 Å². The van der Waals surface area contributed by atoms with Gasteiger partial charge in [0.1, 0.15) is 0 Å². The molecule has 1 fully saturated rings. The molecule has 1 heterocycles. The molecule has 2 aromatic carbocycles. The largest absolute Gasteiger partial charge is 0.322 e. The molecule has 156 valence electrons. The highest BCUT2D eigenvalue weighted by Crippen LogP contribution is 2.23. The third kappa shape index (κ3) is 5.04. The lowest BCUT2D eigenvalue weighted by molar-refractivity contribution is 0.102. The van der Waals surface area contributed by atoms with E-state index in [1.165, 1.54) is 9.87 Å². The SMILES string of the molecule is CCc1ccc(C(=O)Nc2ccc(S(=O)(=O)N(C)C3CCN(C)CC3)cc2)cc1. The van der Waals surface area contributed by atoms with Gasteiger partial charge in [0.15, 0.2) is 0 Å². The Labute approximate surface area is 173 Å². The second-order valence-electron chi connectivity index (χ2n) is 7.58. The number of rotatable bonds is 6. The predicted octanol–water partition coefficient (Wildman–Crippen LogP) is 3.22. The highest BCUT2D eigenvalue weighted by molar-refractivity contribution is 7.89. The molecule has 1 amide bonds. The van der Waals surface area contributed by atoms with Gasteiger partial charge in [0.25, 0.3) is 5.91 Å². The third-order valence-electron chi connectivity index (χ3n) is 5.62. The van der Waals surface area contributed by atoms with Crippen molar-refractivity contribution in [3.05, 3.63) is 59.7 Å². The van der Waals surface area contributed by atoms with E-state index in [-0.39, 0.29) is 16.8 Å². The average Bonchev–Trinajstić information content (AvgIpc) is 2.74. The normalized spacial score (nSPS) is 16.1. The van der Waals surface area contributed by atoms with Crippen molar-refractivity contribution in [3.63, 3.8) is 0 Å². The Balaban J connectivity index is 1.67. The van der Waals surface area contributed by atoms with E-state index in [0.29, 0.717) is 11.3 Å². The fourth-order valence-corrected chi connectivity index (χ4v) is 4.94. The van der Waals surface area contributed by atoms with Gasteiger partial charge in [-0.15, -0.1) is 0 Å². The Morgan fingerprint density at radius 2 is 1.66 bits per heavy atom. The molecule has 1 N–H and O–H groups in total. The van der Waals surface area contributed by atoms with Crippen LogP contribution in [0.1, 0.15) is 35.7 Å². The number of likely N-dealkylation sites (tertiary alicyclic amines) is 1. The van der Waals surface area contributed by atoms with Crippen LogP contribution in [0.15, 0.2) is 53.4 Å². The third-order valence-corrected chi connectivity index (χ3v) is 7.54. The number of nitrogens with one attached hydrogen (secondary N) is 1. The Hall–Kier alpha value is -2.22. The Morgan fingerprint density at radius 1 is 1.07 bits per heavy atom. The lowest BCUT2D eigenvalue weighted by Gasteiger charge is -2.34. The molecule has 0 spiro atoms. The summed E-state index contributed by atoms with van der Waals surface area (Å²) in [4.78, 5) is 14.8. The van der Waals surface area contributed by atoms with Gasteiger partial charge < -0.3 is 10.2 Å². The number of anilines is 1. The van der Waals surface area contributed by atoms with Crippen LogP contribution < -0.4 is 5.32 Å². The van der Waals surface area contributed by atoms with Crippen molar-refractivity contribution in [1.82, 2.24) is 9.21 Å². The van der Waals surface area contributed by atoms with Crippen LogP contribution >= 0.6 is 0 Å². The second-order valence-corrected chi connectivity index (χ2v) is 9.58. The summed E-state index contributed by atoms with van der Waals surface area (Å²) < 4.78 is 27.4. The van der Waals surface area contributed by atoms with Crippen LogP contribution in [0, 0.1) is 0 Å². The summed E-state index contributed by atoms with van der Waals surface area (Å²) in [5.74, 6) is -0.216. The molecule has 29 heavy (non-hydrogen) atoms. The van der Waals surface area contributed by atoms with Gasteiger partial charge in [0.05, 0.1) is 4.90 Å². The summed E-state index contributed by atoms with van der Waals surface area (Å²) >= 11 is 0. The van der Waals surface area contributed by atoms with Crippen LogP contribution in [0.2, 0.25) is 0 Å². The summed E-state index contributed by atoms with van der Waals surface area (Å²) in [6, 6.07) is 13.8. The maximum absolute atomic E-state index is 13.0. The average molecular weight is 416 g/mol. The van der Waals surface area contributed by atoms with E-state index in [0.717, 1.165) is 32.4 Å². The molecule has 0 atom stereocenters. The van der Waals surface area contributed by atoms with Gasteiger partial charge in [-0.05, 0) is 81.4 Å². The Kier molecular flexibility index (Phi) is 6.72. The molecule has 2 aromatic rings. The molecule has 1 aliphatic rings. The molecule has 0 aliphatic carbocycles. The second kappa shape index (κ2) is 9.07. The molecular formula is C22H29N3O3S. The molecule has 1 saturated heterocycles. The van der Waals surface area contributed by atoms with E-state index in [9.17, 15) is 13.2 Å². The first kappa shape index (κ1) is 21.5. The molecule has 0 bridgehead atoms. The molecule has 7 heteroatoms. The zero-order chi connectivity index (χ0) is 21.0. The van der Waals surface area contributed by atoms with Gasteiger partial charge in [-0.2, -0.15) is 4.31 Å². The van der Waals surface area contributed by atoms with E-state index in [1.807, 2.05) is 12.1 Å². The molecule has 3 rings (SSSR count). The minimum Gasteiger partial charge on any atom is -0.322 e. The van der Waals surface area contributed by atoms with Gasteiger partial charge in [-0.1, -0.05) is 19.1 Å². The molecular weight excluding hydrogens is 386 g/mol. The number of nitrogens with zero attached hydrogens (tertiary/aromatic N) is 2. The quantitative estimate of drug-likeness (QED) is 0.787. The first-order valence-corrected chi connectivity index (χ1v) is 11.4. The van der Waals surface area contributed by atoms with Crippen LogP contribution in [0.4, 0.5) is 5.69 Å². The molecule has 6 nitrogen and oxygen atoms in total. The first-order valence-electron chi connectivity index (χ1n) is 9.98. The smallest absolute Gasteiger partial charge is 0.255 e. The summed E-state index contributed by atoms with van der Waals surface area (Å²) in [6.45, 7) is 3.86. The van der Waals surface area contributed by atoms with Crippen molar-refractivity contribution in [2.75, 3.05) is 32.5 Å². The van der Waals surface area contributed by atoms with Gasteiger partial charge in [0.2, 0.25) is 10.0 Å². The number of benzene rings is 2. The highest BCUT2D eigenvalue weighted by Gasteiger charge is 2.30. The number of hydrogen-bond donors (Lipinski definition) is 1. The van der Waals surface area contributed by atoms with Crippen molar-refractivity contribution in [3.8, 4) is 0 Å². The predicted molar refractivity (Wildman–Crippen MR) is 116 cm³/mol. The van der Waals surface area contributed by atoms with Gasteiger partial charge in [-0.3, -0.25) is 4.79 Å².